The van der Waals surface area contributed by atoms with Crippen LogP contribution in [-0.2, 0) is 14.3 Å². The lowest BCUT2D eigenvalue weighted by Gasteiger charge is -2.09. The first-order chi connectivity index (χ1) is 12.3. The van der Waals surface area contributed by atoms with Gasteiger partial charge >= 0.3 is 5.97 Å². The van der Waals surface area contributed by atoms with Gasteiger partial charge in [0.1, 0.15) is 5.56 Å². The van der Waals surface area contributed by atoms with Gasteiger partial charge in [-0.15, -0.1) is 0 Å². The molecule has 8 nitrogen and oxygen atoms in total. The van der Waals surface area contributed by atoms with E-state index in [1.54, 1.807) is 31.2 Å². The molecule has 0 unspecified atom stereocenters. The van der Waals surface area contributed by atoms with E-state index in [2.05, 4.69) is 15.8 Å². The van der Waals surface area contributed by atoms with Crippen molar-refractivity contribution in [3.8, 4) is 0 Å². The summed E-state index contributed by atoms with van der Waals surface area (Å²) in [5.74, 6) is -0.986. The standard InChI is InChI=1S/C18H21N3O5/c1-10(2)17-16(11(3)21-26-17)18(24)25-9-15(23)20-14-7-5-6-13(8-14)19-12(4)22/h5-8,10H,9H2,1-4H3,(H,19,22)(H,20,23). The normalized spacial score (nSPS) is 10.5. The topological polar surface area (TPSA) is 111 Å². The Bertz CT molecular complexity index is 826. The molecule has 26 heavy (non-hydrogen) atoms. The number of ether oxygens (including phenoxy) is 1. The molecule has 138 valence electrons. The molecule has 8 heteroatoms. The third-order valence-electron chi connectivity index (χ3n) is 3.42. The van der Waals surface area contributed by atoms with Crippen LogP contribution in [0.2, 0.25) is 0 Å². The number of carbonyl (C=O) groups is 3. The second-order valence-electron chi connectivity index (χ2n) is 6.05. The fourth-order valence-electron chi connectivity index (χ4n) is 2.31. The highest BCUT2D eigenvalue weighted by Gasteiger charge is 2.24. The molecular formula is C18H21N3O5. The number of nitrogens with zero attached hydrogens (tertiary/aromatic N) is 1. The Kier molecular flexibility index (Phi) is 6.11. The quantitative estimate of drug-likeness (QED) is 0.767. The zero-order valence-corrected chi connectivity index (χ0v) is 15.1. The minimum absolute atomic E-state index is 0.0379. The Morgan fingerprint density at radius 3 is 2.46 bits per heavy atom. The van der Waals surface area contributed by atoms with Gasteiger partial charge < -0.3 is 19.9 Å². The van der Waals surface area contributed by atoms with Crippen molar-refractivity contribution in [3.63, 3.8) is 0 Å². The van der Waals surface area contributed by atoms with E-state index in [9.17, 15) is 14.4 Å². The number of amides is 2. The number of anilines is 2. The number of hydrogen-bond acceptors (Lipinski definition) is 6. The zero-order chi connectivity index (χ0) is 19.3. The molecule has 0 fully saturated rings. The first-order valence-electron chi connectivity index (χ1n) is 8.08. The van der Waals surface area contributed by atoms with Crippen molar-refractivity contribution in [2.24, 2.45) is 0 Å². The van der Waals surface area contributed by atoms with E-state index in [1.807, 2.05) is 13.8 Å². The highest BCUT2D eigenvalue weighted by Crippen LogP contribution is 2.23. The van der Waals surface area contributed by atoms with Crippen molar-refractivity contribution < 1.29 is 23.6 Å². The Morgan fingerprint density at radius 1 is 1.19 bits per heavy atom. The van der Waals surface area contributed by atoms with Crippen molar-refractivity contribution in [2.75, 3.05) is 17.2 Å². The van der Waals surface area contributed by atoms with E-state index in [0.29, 0.717) is 22.8 Å². The fraction of sp³-hybridized carbons (Fsp3) is 0.333. The summed E-state index contributed by atoms with van der Waals surface area (Å²) in [6.07, 6.45) is 0. The lowest BCUT2D eigenvalue weighted by atomic mass is 10.1. The summed E-state index contributed by atoms with van der Waals surface area (Å²) in [7, 11) is 0. The Balaban J connectivity index is 1.96. The summed E-state index contributed by atoms with van der Waals surface area (Å²) in [6, 6.07) is 6.63. The molecule has 0 radical (unpaired) electrons. The molecule has 0 saturated carbocycles. The monoisotopic (exact) mass is 359 g/mol. The highest BCUT2D eigenvalue weighted by molar-refractivity contribution is 5.97. The molecule has 0 aliphatic rings. The van der Waals surface area contributed by atoms with E-state index >= 15 is 0 Å². The number of carbonyl (C=O) groups excluding carboxylic acids is 3. The second kappa shape index (κ2) is 8.28. The number of benzene rings is 1. The number of nitrogens with one attached hydrogen (secondary N) is 2. The maximum atomic E-state index is 12.2. The van der Waals surface area contributed by atoms with Crippen molar-refractivity contribution >= 4 is 29.2 Å². The molecule has 0 aliphatic carbocycles. The van der Waals surface area contributed by atoms with Crippen molar-refractivity contribution in [2.45, 2.75) is 33.6 Å². The third kappa shape index (κ3) is 4.92. The van der Waals surface area contributed by atoms with Crippen molar-refractivity contribution in [3.05, 3.63) is 41.3 Å². The van der Waals surface area contributed by atoms with Crippen LogP contribution in [-0.4, -0.2) is 29.5 Å². The van der Waals surface area contributed by atoms with Gasteiger partial charge in [0.05, 0.1) is 5.69 Å². The predicted octanol–water partition coefficient (Wildman–Crippen LogP) is 2.86. The Morgan fingerprint density at radius 2 is 1.85 bits per heavy atom. The van der Waals surface area contributed by atoms with E-state index in [1.165, 1.54) is 6.92 Å². The predicted molar refractivity (Wildman–Crippen MR) is 95.0 cm³/mol. The molecule has 1 aromatic carbocycles. The lowest BCUT2D eigenvalue weighted by Crippen LogP contribution is -2.21. The van der Waals surface area contributed by atoms with Gasteiger partial charge in [-0.1, -0.05) is 25.1 Å². The molecule has 2 aromatic rings. The van der Waals surface area contributed by atoms with Gasteiger partial charge in [-0.2, -0.15) is 0 Å². The van der Waals surface area contributed by atoms with Crippen LogP contribution in [0.15, 0.2) is 28.8 Å². The molecule has 1 heterocycles. The minimum atomic E-state index is -0.658. The van der Waals surface area contributed by atoms with Crippen molar-refractivity contribution in [1.29, 1.82) is 0 Å². The van der Waals surface area contributed by atoms with Crippen LogP contribution < -0.4 is 10.6 Å². The summed E-state index contributed by atoms with van der Waals surface area (Å²) < 4.78 is 10.2. The number of rotatable bonds is 6. The van der Waals surface area contributed by atoms with Crippen LogP contribution in [0, 0.1) is 6.92 Å². The van der Waals surface area contributed by atoms with Gasteiger partial charge in [-0.3, -0.25) is 9.59 Å². The van der Waals surface area contributed by atoms with Crippen LogP contribution in [0.5, 0.6) is 0 Å². The van der Waals surface area contributed by atoms with Crippen LogP contribution >= 0.6 is 0 Å². The second-order valence-corrected chi connectivity index (χ2v) is 6.05. The highest BCUT2D eigenvalue weighted by atomic mass is 16.5. The van der Waals surface area contributed by atoms with Gasteiger partial charge in [-0.25, -0.2) is 4.79 Å². The smallest absolute Gasteiger partial charge is 0.344 e. The fourth-order valence-corrected chi connectivity index (χ4v) is 2.31. The lowest BCUT2D eigenvalue weighted by molar-refractivity contribution is -0.119. The molecule has 2 amide bonds. The largest absolute Gasteiger partial charge is 0.452 e. The first-order valence-corrected chi connectivity index (χ1v) is 8.08. The first kappa shape index (κ1) is 19.2. The summed E-state index contributed by atoms with van der Waals surface area (Å²) in [4.78, 5) is 35.3. The van der Waals surface area contributed by atoms with Crippen LogP contribution in [0.3, 0.4) is 0 Å². The number of aryl methyl sites for hydroxylation is 1. The summed E-state index contributed by atoms with van der Waals surface area (Å²) >= 11 is 0. The average Bonchev–Trinajstić information content (AvgIpc) is 2.94. The molecule has 2 N–H and O–H groups in total. The van der Waals surface area contributed by atoms with E-state index in [-0.39, 0.29) is 17.4 Å². The van der Waals surface area contributed by atoms with Crippen molar-refractivity contribution in [1.82, 2.24) is 5.16 Å². The number of aromatic nitrogens is 1. The molecular weight excluding hydrogens is 338 g/mol. The zero-order valence-electron chi connectivity index (χ0n) is 15.1. The SMILES string of the molecule is CC(=O)Nc1cccc(NC(=O)COC(=O)c2c(C)noc2C(C)C)c1. The third-order valence-corrected chi connectivity index (χ3v) is 3.42. The maximum absolute atomic E-state index is 12.2. The number of hydrogen-bond donors (Lipinski definition) is 2. The van der Waals surface area contributed by atoms with E-state index in [0.717, 1.165) is 0 Å². The minimum Gasteiger partial charge on any atom is -0.452 e. The van der Waals surface area contributed by atoms with Gasteiger partial charge in [-0.05, 0) is 25.1 Å². The summed E-state index contributed by atoms with van der Waals surface area (Å²) in [5.41, 5.74) is 1.69. The average molecular weight is 359 g/mol. The molecule has 0 bridgehead atoms. The molecule has 0 spiro atoms. The molecule has 1 aromatic heterocycles. The molecule has 0 atom stereocenters. The maximum Gasteiger partial charge on any atom is 0.344 e. The van der Waals surface area contributed by atoms with Gasteiger partial charge in [0.2, 0.25) is 5.91 Å². The molecule has 2 rings (SSSR count). The van der Waals surface area contributed by atoms with Gasteiger partial charge in [0.15, 0.2) is 12.4 Å². The Labute approximate surface area is 150 Å². The molecule has 0 saturated heterocycles. The van der Waals surface area contributed by atoms with Crippen LogP contribution in [0.25, 0.3) is 0 Å². The van der Waals surface area contributed by atoms with E-state index < -0.39 is 18.5 Å². The molecule has 0 aliphatic heterocycles. The summed E-state index contributed by atoms with van der Waals surface area (Å²) in [5, 5.41) is 9.00. The van der Waals surface area contributed by atoms with Crippen LogP contribution in [0.4, 0.5) is 11.4 Å². The van der Waals surface area contributed by atoms with Crippen LogP contribution in [0.1, 0.15) is 48.5 Å². The van der Waals surface area contributed by atoms with Gasteiger partial charge in [0.25, 0.3) is 5.91 Å². The number of esters is 1. The van der Waals surface area contributed by atoms with E-state index in [4.69, 9.17) is 9.26 Å². The van der Waals surface area contributed by atoms with Gasteiger partial charge in [0, 0.05) is 24.2 Å². The Hall–Kier alpha value is -3.16. The summed E-state index contributed by atoms with van der Waals surface area (Å²) in [6.45, 7) is 6.31.